The maximum absolute atomic E-state index is 11.8. The topological polar surface area (TPSA) is 78.9 Å². The summed E-state index contributed by atoms with van der Waals surface area (Å²) < 4.78 is 0.863. The number of aryl methyl sites for hydroxylation is 1. The van der Waals surface area contributed by atoms with Crippen molar-refractivity contribution in [2.24, 2.45) is 0 Å². The molecule has 0 saturated carbocycles. The van der Waals surface area contributed by atoms with Gasteiger partial charge in [-0.3, -0.25) is 9.78 Å². The minimum Gasteiger partial charge on any atom is -0.396 e. The lowest BCUT2D eigenvalue weighted by Gasteiger charge is -2.05. The minimum atomic E-state index is -0.226. The van der Waals surface area contributed by atoms with Crippen molar-refractivity contribution in [3.8, 4) is 11.5 Å². The number of nitrogens with one attached hydrogen (secondary N) is 1. The van der Waals surface area contributed by atoms with E-state index in [-0.39, 0.29) is 12.2 Å². The highest BCUT2D eigenvalue weighted by atomic mass is 79.9. The normalized spacial score (nSPS) is 10.6. The van der Waals surface area contributed by atoms with Gasteiger partial charge in [0.05, 0.1) is 0 Å². The Hall–Kier alpha value is -1.53. The molecule has 0 fully saturated rings. The van der Waals surface area contributed by atoms with E-state index in [0.29, 0.717) is 29.2 Å². The van der Waals surface area contributed by atoms with Crippen molar-refractivity contribution in [3.63, 3.8) is 0 Å². The molecule has 2 aromatic heterocycles. The number of aromatic amines is 1. The van der Waals surface area contributed by atoms with Crippen molar-refractivity contribution in [3.05, 3.63) is 44.4 Å². The molecule has 0 aromatic carbocycles. The number of aliphatic hydroxyl groups excluding tert-OH is 1. The maximum atomic E-state index is 11.8. The van der Waals surface area contributed by atoms with E-state index in [4.69, 9.17) is 5.11 Å². The molecule has 2 heterocycles. The fourth-order valence-corrected chi connectivity index (χ4v) is 1.89. The molecular weight excluding hydrogens is 298 g/mol. The number of halogens is 1. The van der Waals surface area contributed by atoms with Gasteiger partial charge in [-0.2, -0.15) is 0 Å². The maximum Gasteiger partial charge on any atom is 0.254 e. The highest BCUT2D eigenvalue weighted by molar-refractivity contribution is 9.10. The molecule has 94 valence electrons. The van der Waals surface area contributed by atoms with Crippen LogP contribution in [0.25, 0.3) is 11.5 Å². The van der Waals surface area contributed by atoms with Crippen LogP contribution in [0.1, 0.15) is 11.3 Å². The van der Waals surface area contributed by atoms with E-state index < -0.39 is 0 Å². The third-order valence-electron chi connectivity index (χ3n) is 2.55. The van der Waals surface area contributed by atoms with E-state index in [1.807, 2.05) is 6.07 Å². The molecule has 0 unspecified atom stereocenters. The third kappa shape index (κ3) is 2.65. The second-order valence-corrected chi connectivity index (χ2v) is 4.73. The van der Waals surface area contributed by atoms with Gasteiger partial charge in [-0.25, -0.2) is 4.98 Å². The lowest BCUT2D eigenvalue weighted by atomic mass is 10.2. The molecule has 0 atom stereocenters. The number of hydrogen-bond donors (Lipinski definition) is 2. The average molecular weight is 310 g/mol. The number of hydrogen-bond acceptors (Lipinski definition) is 4. The molecule has 0 amide bonds. The largest absolute Gasteiger partial charge is 0.396 e. The number of aliphatic hydroxyl groups is 1. The highest BCUT2D eigenvalue weighted by Gasteiger charge is 2.09. The smallest absolute Gasteiger partial charge is 0.254 e. The second kappa shape index (κ2) is 5.41. The first-order chi connectivity index (χ1) is 8.61. The van der Waals surface area contributed by atoms with Gasteiger partial charge in [-0.05, 0) is 35.0 Å². The Labute approximate surface area is 112 Å². The number of pyridine rings is 1. The molecule has 0 radical (unpaired) electrons. The molecular formula is C12H12BrN3O2. The molecule has 18 heavy (non-hydrogen) atoms. The summed E-state index contributed by atoms with van der Waals surface area (Å²) in [6.07, 6.45) is 1.95. The van der Waals surface area contributed by atoms with Crippen LogP contribution < -0.4 is 5.56 Å². The zero-order valence-corrected chi connectivity index (χ0v) is 11.4. The summed E-state index contributed by atoms with van der Waals surface area (Å²) in [5.41, 5.74) is 1.51. The molecule has 0 spiro atoms. The molecule has 0 bridgehead atoms. The van der Waals surface area contributed by atoms with Crippen LogP contribution in [0.2, 0.25) is 0 Å². The van der Waals surface area contributed by atoms with Gasteiger partial charge in [0.2, 0.25) is 0 Å². The van der Waals surface area contributed by atoms with Crippen LogP contribution in [-0.2, 0) is 6.42 Å². The van der Waals surface area contributed by atoms with Crippen LogP contribution in [0.15, 0.2) is 27.6 Å². The van der Waals surface area contributed by atoms with E-state index in [2.05, 4.69) is 30.9 Å². The van der Waals surface area contributed by atoms with Gasteiger partial charge in [-0.15, -0.1) is 0 Å². The van der Waals surface area contributed by atoms with Crippen molar-refractivity contribution in [2.75, 3.05) is 6.61 Å². The molecule has 6 heteroatoms. The van der Waals surface area contributed by atoms with Crippen molar-refractivity contribution < 1.29 is 5.11 Å². The monoisotopic (exact) mass is 309 g/mol. The minimum absolute atomic E-state index is 0.0680. The lowest BCUT2D eigenvalue weighted by Crippen LogP contribution is -2.18. The van der Waals surface area contributed by atoms with Crippen molar-refractivity contribution in [1.29, 1.82) is 0 Å². The SMILES string of the molecule is Cc1nc(-c2ccc(Br)cn2)[nH]c(=O)c1CCO. The molecule has 5 nitrogen and oxygen atoms in total. The zero-order chi connectivity index (χ0) is 13.1. The zero-order valence-electron chi connectivity index (χ0n) is 9.77. The molecule has 0 aliphatic heterocycles. The first kappa shape index (κ1) is 12.9. The highest BCUT2D eigenvalue weighted by Crippen LogP contribution is 2.15. The van der Waals surface area contributed by atoms with Gasteiger partial charge in [-0.1, -0.05) is 0 Å². The Morgan fingerprint density at radius 2 is 2.22 bits per heavy atom. The van der Waals surface area contributed by atoms with Crippen molar-refractivity contribution >= 4 is 15.9 Å². The third-order valence-corrected chi connectivity index (χ3v) is 3.02. The van der Waals surface area contributed by atoms with Crippen molar-refractivity contribution in [1.82, 2.24) is 15.0 Å². The molecule has 0 aliphatic rings. The van der Waals surface area contributed by atoms with Gasteiger partial charge in [0.15, 0.2) is 5.82 Å². The second-order valence-electron chi connectivity index (χ2n) is 3.81. The van der Waals surface area contributed by atoms with Gasteiger partial charge < -0.3 is 10.1 Å². The number of nitrogens with zero attached hydrogens (tertiary/aromatic N) is 2. The summed E-state index contributed by atoms with van der Waals surface area (Å²) in [5.74, 6) is 0.437. The summed E-state index contributed by atoms with van der Waals surface area (Å²) in [5, 5.41) is 8.89. The average Bonchev–Trinajstić information content (AvgIpc) is 2.34. The number of rotatable bonds is 3. The Balaban J connectivity index is 2.48. The number of H-pyrrole nitrogens is 1. The number of aromatic nitrogens is 3. The molecule has 2 N–H and O–H groups in total. The van der Waals surface area contributed by atoms with Crippen LogP contribution in [-0.4, -0.2) is 26.7 Å². The summed E-state index contributed by atoms with van der Waals surface area (Å²) >= 11 is 3.30. The van der Waals surface area contributed by atoms with E-state index >= 15 is 0 Å². The molecule has 0 aliphatic carbocycles. The lowest BCUT2D eigenvalue weighted by molar-refractivity contribution is 0.298. The van der Waals surface area contributed by atoms with Crippen LogP contribution in [0.5, 0.6) is 0 Å². The summed E-state index contributed by atoms with van der Waals surface area (Å²) in [4.78, 5) is 23.0. The van der Waals surface area contributed by atoms with E-state index in [1.54, 1.807) is 19.2 Å². The predicted octanol–water partition coefficient (Wildman–Crippen LogP) is 1.44. The van der Waals surface area contributed by atoms with Crippen LogP contribution >= 0.6 is 15.9 Å². The van der Waals surface area contributed by atoms with E-state index in [0.717, 1.165) is 4.47 Å². The Morgan fingerprint density at radius 1 is 1.44 bits per heavy atom. The van der Waals surface area contributed by atoms with Crippen molar-refractivity contribution in [2.45, 2.75) is 13.3 Å². The Morgan fingerprint density at radius 3 is 2.78 bits per heavy atom. The van der Waals surface area contributed by atoms with E-state index in [1.165, 1.54) is 0 Å². The van der Waals surface area contributed by atoms with Crippen LogP contribution in [0, 0.1) is 6.92 Å². The Bertz CT molecular complexity index is 608. The predicted molar refractivity (Wildman–Crippen MR) is 71.3 cm³/mol. The standard InChI is InChI=1S/C12H12BrN3O2/c1-7-9(4-5-17)12(18)16-11(15-7)10-3-2-8(13)6-14-10/h2-3,6,17H,4-5H2,1H3,(H,15,16,18). The first-order valence-corrected chi connectivity index (χ1v) is 6.23. The summed E-state index contributed by atoms with van der Waals surface area (Å²) in [6, 6.07) is 3.60. The van der Waals surface area contributed by atoms with Gasteiger partial charge in [0.25, 0.3) is 5.56 Å². The van der Waals surface area contributed by atoms with Crippen LogP contribution in [0.4, 0.5) is 0 Å². The van der Waals surface area contributed by atoms with Crippen LogP contribution in [0.3, 0.4) is 0 Å². The van der Waals surface area contributed by atoms with Gasteiger partial charge in [0, 0.05) is 35.0 Å². The summed E-state index contributed by atoms with van der Waals surface area (Å²) in [7, 11) is 0. The quantitative estimate of drug-likeness (QED) is 0.899. The van der Waals surface area contributed by atoms with Gasteiger partial charge in [0.1, 0.15) is 5.69 Å². The summed E-state index contributed by atoms with van der Waals surface area (Å²) in [6.45, 7) is 1.68. The molecule has 0 saturated heterocycles. The van der Waals surface area contributed by atoms with Gasteiger partial charge >= 0.3 is 0 Å². The Kier molecular flexibility index (Phi) is 3.88. The molecule has 2 rings (SSSR count). The fourth-order valence-electron chi connectivity index (χ4n) is 1.65. The van der Waals surface area contributed by atoms with E-state index in [9.17, 15) is 4.79 Å². The fraction of sp³-hybridized carbons (Fsp3) is 0.250. The molecule has 2 aromatic rings. The first-order valence-electron chi connectivity index (χ1n) is 5.44.